The maximum atomic E-state index is 4.37. The topological polar surface area (TPSA) is 29.9 Å². The molecule has 0 fully saturated rings. The molecule has 0 aromatic carbocycles. The number of nitrogens with zero attached hydrogens (tertiary/aromatic N) is 2. The summed E-state index contributed by atoms with van der Waals surface area (Å²) in [6, 6.07) is 0.328. The third kappa shape index (κ3) is 3.87. The van der Waals surface area contributed by atoms with Crippen LogP contribution in [0.5, 0.6) is 0 Å². The van der Waals surface area contributed by atoms with Gasteiger partial charge in [0.05, 0.1) is 6.04 Å². The van der Waals surface area contributed by atoms with Crippen LogP contribution in [-0.2, 0) is 7.05 Å². The van der Waals surface area contributed by atoms with E-state index in [-0.39, 0.29) is 0 Å². The van der Waals surface area contributed by atoms with Gasteiger partial charge < -0.3 is 9.88 Å². The molecule has 1 N–H and O–H groups in total. The van der Waals surface area contributed by atoms with Crippen molar-refractivity contribution < 1.29 is 0 Å². The van der Waals surface area contributed by atoms with Crippen molar-refractivity contribution in [2.45, 2.75) is 31.6 Å². The van der Waals surface area contributed by atoms with E-state index in [1.807, 2.05) is 38.3 Å². The zero-order valence-electron chi connectivity index (χ0n) is 10.2. The van der Waals surface area contributed by atoms with E-state index in [1.165, 1.54) is 0 Å². The lowest BCUT2D eigenvalue weighted by atomic mass is 10.3. The molecule has 0 aliphatic rings. The third-order valence-electron chi connectivity index (χ3n) is 2.20. The van der Waals surface area contributed by atoms with E-state index < -0.39 is 0 Å². The van der Waals surface area contributed by atoms with Gasteiger partial charge in [-0.15, -0.1) is 0 Å². The predicted molar refractivity (Wildman–Crippen MR) is 67.2 cm³/mol. The standard InChI is InChI=1S/C11H21N3S/c1-11(2,3)15-8-9(12-4)10-13-6-7-14(10)5/h6-7,9,12H,8H2,1-5H3. The Labute approximate surface area is 96.7 Å². The van der Waals surface area contributed by atoms with Crippen molar-refractivity contribution in [2.24, 2.45) is 7.05 Å². The molecule has 0 amide bonds. The van der Waals surface area contributed by atoms with Gasteiger partial charge in [-0.05, 0) is 7.05 Å². The molecule has 1 aromatic heterocycles. The monoisotopic (exact) mass is 227 g/mol. The lowest BCUT2D eigenvalue weighted by Crippen LogP contribution is -2.24. The molecule has 0 saturated heterocycles. The minimum absolute atomic E-state index is 0.306. The maximum absolute atomic E-state index is 4.37. The van der Waals surface area contributed by atoms with Crippen LogP contribution in [0, 0.1) is 0 Å². The van der Waals surface area contributed by atoms with E-state index >= 15 is 0 Å². The highest BCUT2D eigenvalue weighted by Gasteiger charge is 2.18. The summed E-state index contributed by atoms with van der Waals surface area (Å²) in [5.41, 5.74) is 0. The third-order valence-corrected chi connectivity index (χ3v) is 3.57. The molecule has 1 atom stereocenters. The smallest absolute Gasteiger partial charge is 0.126 e. The quantitative estimate of drug-likeness (QED) is 0.855. The zero-order chi connectivity index (χ0) is 11.5. The fourth-order valence-corrected chi connectivity index (χ4v) is 2.32. The van der Waals surface area contributed by atoms with Gasteiger partial charge in [-0.25, -0.2) is 4.98 Å². The Morgan fingerprint density at radius 2 is 2.20 bits per heavy atom. The lowest BCUT2D eigenvalue weighted by molar-refractivity contribution is 0.590. The van der Waals surface area contributed by atoms with Crippen molar-refractivity contribution in [3.63, 3.8) is 0 Å². The van der Waals surface area contributed by atoms with E-state index in [0.29, 0.717) is 10.8 Å². The van der Waals surface area contributed by atoms with Gasteiger partial charge in [-0.2, -0.15) is 11.8 Å². The van der Waals surface area contributed by atoms with Gasteiger partial charge in [0.2, 0.25) is 0 Å². The first-order valence-electron chi connectivity index (χ1n) is 5.22. The Kier molecular flexibility index (Phi) is 4.22. The van der Waals surface area contributed by atoms with Gasteiger partial charge >= 0.3 is 0 Å². The molecule has 0 bridgehead atoms. The summed E-state index contributed by atoms with van der Waals surface area (Å²) in [6.45, 7) is 6.72. The van der Waals surface area contributed by atoms with Gasteiger partial charge in [0.25, 0.3) is 0 Å². The average Bonchev–Trinajstić information content (AvgIpc) is 2.52. The first-order valence-corrected chi connectivity index (χ1v) is 6.21. The van der Waals surface area contributed by atoms with Crippen LogP contribution in [0.15, 0.2) is 12.4 Å². The SMILES string of the molecule is CNC(CSC(C)(C)C)c1nccn1C. The largest absolute Gasteiger partial charge is 0.337 e. The van der Waals surface area contributed by atoms with Gasteiger partial charge in [-0.3, -0.25) is 0 Å². The molecule has 1 aromatic rings. The molecule has 0 aliphatic heterocycles. The second-order valence-electron chi connectivity index (χ2n) is 4.66. The molecule has 0 saturated carbocycles. The lowest BCUT2D eigenvalue weighted by Gasteiger charge is -2.22. The van der Waals surface area contributed by atoms with Crippen LogP contribution in [0.25, 0.3) is 0 Å². The minimum Gasteiger partial charge on any atom is -0.337 e. The number of thioether (sulfide) groups is 1. The second kappa shape index (κ2) is 5.03. The van der Waals surface area contributed by atoms with Crippen LogP contribution in [0.3, 0.4) is 0 Å². The van der Waals surface area contributed by atoms with Gasteiger partial charge in [-0.1, -0.05) is 20.8 Å². The van der Waals surface area contributed by atoms with Crippen LogP contribution in [0.1, 0.15) is 32.6 Å². The van der Waals surface area contributed by atoms with Crippen molar-refractivity contribution in [1.29, 1.82) is 0 Å². The molecule has 0 radical (unpaired) electrons. The summed E-state index contributed by atoms with van der Waals surface area (Å²) in [5.74, 6) is 2.15. The van der Waals surface area contributed by atoms with E-state index in [1.54, 1.807) is 0 Å². The Balaban J connectivity index is 2.61. The van der Waals surface area contributed by atoms with Crippen molar-refractivity contribution in [3.8, 4) is 0 Å². The van der Waals surface area contributed by atoms with Crippen LogP contribution in [0.2, 0.25) is 0 Å². The number of nitrogens with one attached hydrogen (secondary N) is 1. The summed E-state index contributed by atoms with van der Waals surface area (Å²) in [7, 11) is 4.02. The molecular formula is C11H21N3S. The number of rotatable bonds is 4. The zero-order valence-corrected chi connectivity index (χ0v) is 11.1. The number of hydrogen-bond donors (Lipinski definition) is 1. The van der Waals surface area contributed by atoms with Crippen LogP contribution < -0.4 is 5.32 Å². The Hall–Kier alpha value is -0.480. The minimum atomic E-state index is 0.306. The number of aromatic nitrogens is 2. The van der Waals surface area contributed by atoms with Gasteiger partial charge in [0.1, 0.15) is 5.82 Å². The van der Waals surface area contributed by atoms with Crippen LogP contribution in [0.4, 0.5) is 0 Å². The van der Waals surface area contributed by atoms with Gasteiger partial charge in [0.15, 0.2) is 0 Å². The highest BCUT2D eigenvalue weighted by Crippen LogP contribution is 2.27. The molecular weight excluding hydrogens is 206 g/mol. The normalized spacial score (nSPS) is 14.2. The molecule has 86 valence electrons. The number of aryl methyl sites for hydroxylation is 1. The highest BCUT2D eigenvalue weighted by molar-refractivity contribution is 8.00. The molecule has 1 rings (SSSR count). The number of hydrogen-bond acceptors (Lipinski definition) is 3. The molecule has 3 nitrogen and oxygen atoms in total. The molecule has 4 heteroatoms. The molecule has 0 spiro atoms. The fourth-order valence-electron chi connectivity index (χ4n) is 1.33. The van der Waals surface area contributed by atoms with Crippen LogP contribution >= 0.6 is 11.8 Å². The van der Waals surface area contributed by atoms with Crippen molar-refractivity contribution in [1.82, 2.24) is 14.9 Å². The fraction of sp³-hybridized carbons (Fsp3) is 0.727. The second-order valence-corrected chi connectivity index (χ2v) is 6.51. The maximum Gasteiger partial charge on any atom is 0.126 e. The summed E-state index contributed by atoms with van der Waals surface area (Å²) in [6.07, 6.45) is 3.84. The van der Waals surface area contributed by atoms with Crippen molar-refractivity contribution >= 4 is 11.8 Å². The summed E-state index contributed by atoms with van der Waals surface area (Å²) >= 11 is 1.96. The summed E-state index contributed by atoms with van der Waals surface area (Å²) in [5, 5.41) is 3.31. The van der Waals surface area contributed by atoms with E-state index in [4.69, 9.17) is 0 Å². The molecule has 1 unspecified atom stereocenters. The first kappa shape index (κ1) is 12.6. The first-order chi connectivity index (χ1) is 6.94. The Morgan fingerprint density at radius 1 is 1.53 bits per heavy atom. The molecule has 1 heterocycles. The highest BCUT2D eigenvalue weighted by atomic mass is 32.2. The van der Waals surface area contributed by atoms with Crippen LogP contribution in [-0.4, -0.2) is 27.1 Å². The van der Waals surface area contributed by atoms with E-state index in [9.17, 15) is 0 Å². The summed E-state index contributed by atoms with van der Waals surface area (Å²) in [4.78, 5) is 4.37. The van der Waals surface area contributed by atoms with Crippen molar-refractivity contribution in [2.75, 3.05) is 12.8 Å². The van der Waals surface area contributed by atoms with E-state index in [2.05, 4.69) is 35.6 Å². The van der Waals surface area contributed by atoms with Gasteiger partial charge in [0, 0.05) is 29.9 Å². The molecule has 15 heavy (non-hydrogen) atoms. The van der Waals surface area contributed by atoms with Crippen molar-refractivity contribution in [3.05, 3.63) is 18.2 Å². The Morgan fingerprint density at radius 3 is 2.60 bits per heavy atom. The predicted octanol–water partition coefficient (Wildman–Crippen LogP) is 2.21. The summed E-state index contributed by atoms with van der Waals surface area (Å²) < 4.78 is 2.38. The number of imidazole rings is 1. The average molecular weight is 227 g/mol. The Bertz CT molecular complexity index is 301. The van der Waals surface area contributed by atoms with E-state index in [0.717, 1.165) is 11.6 Å². The molecule has 0 aliphatic carbocycles.